The Labute approximate surface area is 107 Å². The summed E-state index contributed by atoms with van der Waals surface area (Å²) < 4.78 is 0.604. The van der Waals surface area contributed by atoms with Crippen LogP contribution >= 0.6 is 15.9 Å². The van der Waals surface area contributed by atoms with E-state index in [1.54, 1.807) is 18.2 Å². The maximum atomic E-state index is 9.16. The quantitative estimate of drug-likeness (QED) is 0.633. The van der Waals surface area contributed by atoms with E-state index in [4.69, 9.17) is 20.6 Å². The highest BCUT2D eigenvalue weighted by atomic mass is 79.9. The number of nitriles is 1. The van der Waals surface area contributed by atoms with Crippen molar-refractivity contribution in [1.82, 2.24) is 0 Å². The molecule has 0 spiro atoms. The predicted molar refractivity (Wildman–Crippen MR) is 66.5 cm³/mol. The van der Waals surface area contributed by atoms with Crippen LogP contribution in [0.3, 0.4) is 0 Å². The molecule has 0 amide bonds. The lowest BCUT2D eigenvalue weighted by atomic mass is 10.0. The summed E-state index contributed by atoms with van der Waals surface area (Å²) in [6, 6.07) is 6.89. The Balaban J connectivity index is 2.95. The number of rotatable bonds is 5. The molecule has 1 aromatic carbocycles. The van der Waals surface area contributed by atoms with Crippen molar-refractivity contribution in [2.75, 3.05) is 25.1 Å². The maximum absolute atomic E-state index is 9.16. The number of aliphatic hydroxyl groups is 3. The van der Waals surface area contributed by atoms with Crippen molar-refractivity contribution >= 4 is 21.6 Å². The first-order valence-electron chi connectivity index (χ1n) is 4.91. The lowest BCUT2D eigenvalue weighted by Gasteiger charge is -2.30. The van der Waals surface area contributed by atoms with E-state index in [0.29, 0.717) is 15.7 Å². The Morgan fingerprint density at radius 3 is 2.24 bits per heavy atom. The molecule has 0 aliphatic heterocycles. The van der Waals surface area contributed by atoms with Crippen LogP contribution in [0.15, 0.2) is 22.7 Å². The molecule has 17 heavy (non-hydrogen) atoms. The van der Waals surface area contributed by atoms with Crippen molar-refractivity contribution in [2.45, 2.75) is 5.54 Å². The van der Waals surface area contributed by atoms with Gasteiger partial charge in [-0.2, -0.15) is 5.26 Å². The summed E-state index contributed by atoms with van der Waals surface area (Å²) in [4.78, 5) is 0. The van der Waals surface area contributed by atoms with Gasteiger partial charge in [-0.1, -0.05) is 0 Å². The first kappa shape index (κ1) is 13.9. The van der Waals surface area contributed by atoms with Crippen LogP contribution in [0.1, 0.15) is 5.56 Å². The minimum Gasteiger partial charge on any atom is -0.394 e. The Morgan fingerprint density at radius 2 is 1.82 bits per heavy atom. The van der Waals surface area contributed by atoms with E-state index in [0.717, 1.165) is 0 Å². The second-order valence-corrected chi connectivity index (χ2v) is 4.54. The van der Waals surface area contributed by atoms with Gasteiger partial charge in [-0.25, -0.2) is 0 Å². The van der Waals surface area contributed by atoms with Gasteiger partial charge in [0.1, 0.15) is 11.6 Å². The van der Waals surface area contributed by atoms with Gasteiger partial charge in [0, 0.05) is 10.2 Å². The van der Waals surface area contributed by atoms with Crippen LogP contribution in [-0.4, -0.2) is 40.7 Å². The maximum Gasteiger partial charge on any atom is 0.107 e. The predicted octanol–water partition coefficient (Wildman–Crippen LogP) is 0.448. The fraction of sp³-hybridized carbons (Fsp3) is 0.364. The van der Waals surface area contributed by atoms with Gasteiger partial charge in [0.2, 0.25) is 0 Å². The van der Waals surface area contributed by atoms with Gasteiger partial charge in [-0.3, -0.25) is 0 Å². The summed E-state index contributed by atoms with van der Waals surface area (Å²) >= 11 is 3.23. The summed E-state index contributed by atoms with van der Waals surface area (Å²) in [7, 11) is 0. The number of halogens is 1. The van der Waals surface area contributed by atoms with Gasteiger partial charge in [-0.15, -0.1) is 0 Å². The molecule has 1 rings (SSSR count). The topological polar surface area (TPSA) is 96.5 Å². The zero-order valence-electron chi connectivity index (χ0n) is 9.02. The van der Waals surface area contributed by atoms with E-state index in [-0.39, 0.29) is 0 Å². The number of nitrogens with zero attached hydrogens (tertiary/aromatic N) is 1. The fourth-order valence-electron chi connectivity index (χ4n) is 1.26. The van der Waals surface area contributed by atoms with E-state index in [1.807, 2.05) is 6.07 Å². The number of hydrogen-bond acceptors (Lipinski definition) is 5. The molecule has 0 saturated heterocycles. The molecule has 0 aliphatic carbocycles. The molecule has 0 bridgehead atoms. The lowest BCUT2D eigenvalue weighted by Crippen LogP contribution is -2.49. The van der Waals surface area contributed by atoms with Crippen molar-refractivity contribution in [2.24, 2.45) is 0 Å². The van der Waals surface area contributed by atoms with Crippen LogP contribution < -0.4 is 5.32 Å². The van der Waals surface area contributed by atoms with Gasteiger partial charge < -0.3 is 20.6 Å². The monoisotopic (exact) mass is 300 g/mol. The van der Waals surface area contributed by atoms with Crippen molar-refractivity contribution < 1.29 is 15.3 Å². The van der Waals surface area contributed by atoms with Gasteiger partial charge in [0.15, 0.2) is 0 Å². The Hall–Kier alpha value is -1.13. The standard InChI is InChI=1S/C11H13BrN2O3/c12-10-3-9(2-1-8(10)4-13)14-11(5-15,6-16)7-17/h1-3,14-17H,5-7H2. The van der Waals surface area contributed by atoms with E-state index in [9.17, 15) is 0 Å². The molecule has 0 saturated carbocycles. The van der Waals surface area contributed by atoms with Gasteiger partial charge in [-0.05, 0) is 34.1 Å². The summed E-state index contributed by atoms with van der Waals surface area (Å²) in [6.45, 7) is -1.22. The third-order valence-electron chi connectivity index (χ3n) is 2.41. The van der Waals surface area contributed by atoms with E-state index < -0.39 is 25.4 Å². The molecule has 1 aromatic rings. The number of anilines is 1. The number of benzene rings is 1. The first-order chi connectivity index (χ1) is 8.10. The summed E-state index contributed by atoms with van der Waals surface area (Å²) in [5.41, 5.74) is -0.0979. The SMILES string of the molecule is N#Cc1ccc(NC(CO)(CO)CO)cc1Br. The average Bonchev–Trinajstić information content (AvgIpc) is 2.36. The van der Waals surface area contributed by atoms with Crippen molar-refractivity contribution in [1.29, 1.82) is 5.26 Å². The zero-order chi connectivity index (χ0) is 12.9. The van der Waals surface area contributed by atoms with Crippen LogP contribution in [0.25, 0.3) is 0 Å². The molecule has 0 unspecified atom stereocenters. The first-order valence-corrected chi connectivity index (χ1v) is 5.70. The molecular weight excluding hydrogens is 288 g/mol. The van der Waals surface area contributed by atoms with Crippen molar-refractivity contribution in [3.63, 3.8) is 0 Å². The molecule has 5 nitrogen and oxygen atoms in total. The Kier molecular flexibility index (Phi) is 4.90. The normalized spacial score (nSPS) is 11.0. The molecule has 0 fully saturated rings. The molecule has 0 aromatic heterocycles. The number of aliphatic hydroxyl groups excluding tert-OH is 3. The summed E-state index contributed by atoms with van der Waals surface area (Å²) in [6.07, 6.45) is 0. The van der Waals surface area contributed by atoms with E-state index in [1.165, 1.54) is 0 Å². The lowest BCUT2D eigenvalue weighted by molar-refractivity contribution is 0.0834. The molecule has 0 aliphatic rings. The highest BCUT2D eigenvalue weighted by Crippen LogP contribution is 2.23. The highest BCUT2D eigenvalue weighted by molar-refractivity contribution is 9.10. The number of hydrogen-bond donors (Lipinski definition) is 4. The summed E-state index contributed by atoms with van der Waals surface area (Å²) in [5, 5.41) is 39.1. The largest absolute Gasteiger partial charge is 0.394 e. The van der Waals surface area contributed by atoms with Crippen LogP contribution in [-0.2, 0) is 0 Å². The highest BCUT2D eigenvalue weighted by Gasteiger charge is 2.27. The molecule has 92 valence electrons. The minimum atomic E-state index is -1.17. The van der Waals surface area contributed by atoms with Crippen LogP contribution in [0.4, 0.5) is 5.69 Å². The van der Waals surface area contributed by atoms with Crippen molar-refractivity contribution in [3.05, 3.63) is 28.2 Å². The van der Waals surface area contributed by atoms with Gasteiger partial charge in [0.25, 0.3) is 0 Å². The van der Waals surface area contributed by atoms with Gasteiger partial charge in [0.05, 0.1) is 25.4 Å². The second kappa shape index (κ2) is 5.98. The zero-order valence-corrected chi connectivity index (χ0v) is 10.6. The van der Waals surface area contributed by atoms with Crippen LogP contribution in [0.5, 0.6) is 0 Å². The average molecular weight is 301 g/mol. The molecule has 0 heterocycles. The molecular formula is C11H13BrN2O3. The Bertz CT molecular complexity index is 419. The molecule has 6 heteroatoms. The number of nitrogens with one attached hydrogen (secondary N) is 1. The smallest absolute Gasteiger partial charge is 0.107 e. The fourth-order valence-corrected chi connectivity index (χ4v) is 1.73. The van der Waals surface area contributed by atoms with Crippen LogP contribution in [0.2, 0.25) is 0 Å². The third kappa shape index (κ3) is 3.17. The Morgan fingerprint density at radius 1 is 1.24 bits per heavy atom. The summed E-state index contributed by atoms with van der Waals surface area (Å²) in [5.74, 6) is 0. The molecule has 0 atom stereocenters. The molecule has 4 N–H and O–H groups in total. The van der Waals surface area contributed by atoms with E-state index in [2.05, 4.69) is 21.2 Å². The van der Waals surface area contributed by atoms with Crippen molar-refractivity contribution in [3.8, 4) is 6.07 Å². The van der Waals surface area contributed by atoms with E-state index >= 15 is 0 Å². The van der Waals surface area contributed by atoms with Crippen LogP contribution in [0, 0.1) is 11.3 Å². The minimum absolute atomic E-state index is 0.405. The van der Waals surface area contributed by atoms with Gasteiger partial charge >= 0.3 is 0 Å². The third-order valence-corrected chi connectivity index (χ3v) is 3.06. The second-order valence-electron chi connectivity index (χ2n) is 3.69. The molecule has 0 radical (unpaired) electrons.